The first kappa shape index (κ1) is 17.2. The minimum absolute atomic E-state index is 0.0745. The highest BCUT2D eigenvalue weighted by Crippen LogP contribution is 2.39. The number of rotatable bonds is 6. The average molecular weight is 348 g/mol. The normalized spacial score (nSPS) is 11.6. The number of ether oxygens (including phenoxy) is 1. The van der Waals surface area contributed by atoms with Gasteiger partial charge >= 0.3 is 12.5 Å². The molecule has 0 saturated heterocycles. The minimum atomic E-state index is -4.66. The van der Waals surface area contributed by atoms with Gasteiger partial charge in [0.25, 0.3) is 0 Å². The van der Waals surface area contributed by atoms with Gasteiger partial charge in [0.05, 0.1) is 16.4 Å². The lowest BCUT2D eigenvalue weighted by Gasteiger charge is -2.23. The Morgan fingerprint density at radius 3 is 2.48 bits per heavy atom. The lowest BCUT2D eigenvalue weighted by Crippen LogP contribution is -2.34. The summed E-state index contributed by atoms with van der Waals surface area (Å²) in [6, 6.07) is 5.22. The molecule has 0 fully saturated rings. The fourth-order valence-corrected chi connectivity index (χ4v) is 2.79. The van der Waals surface area contributed by atoms with E-state index in [1.807, 2.05) is 0 Å². The SMILES string of the molecule is Cc1nc(C)c(N(C=O)c2ccccc2OC(F)(F)C(F)F)s1. The number of para-hydroxylation sites is 2. The maximum Gasteiger partial charge on any atom is 0.461 e. The van der Waals surface area contributed by atoms with E-state index in [0.717, 1.165) is 11.0 Å². The van der Waals surface area contributed by atoms with Crippen LogP contribution in [0.15, 0.2) is 24.3 Å². The third kappa shape index (κ3) is 3.61. The standard InChI is InChI=1S/C14H12F4N2O2S/c1-8-12(23-9(2)19-8)20(7-21)10-5-3-4-6-11(10)22-14(17,18)13(15)16/h3-7,13H,1-2H3. The molecule has 1 aromatic carbocycles. The van der Waals surface area contributed by atoms with Gasteiger partial charge in [0, 0.05) is 0 Å². The first-order valence-corrected chi connectivity index (χ1v) is 7.20. The van der Waals surface area contributed by atoms with Crippen LogP contribution in [-0.4, -0.2) is 23.9 Å². The first-order valence-electron chi connectivity index (χ1n) is 6.39. The van der Waals surface area contributed by atoms with Crippen molar-refractivity contribution in [1.29, 1.82) is 0 Å². The van der Waals surface area contributed by atoms with Gasteiger partial charge in [0.15, 0.2) is 5.75 Å². The molecule has 23 heavy (non-hydrogen) atoms. The molecule has 0 unspecified atom stereocenters. The van der Waals surface area contributed by atoms with Crippen LogP contribution < -0.4 is 9.64 Å². The minimum Gasteiger partial charge on any atom is -0.426 e. The first-order chi connectivity index (χ1) is 10.8. The molecular weight excluding hydrogens is 336 g/mol. The molecule has 1 amide bonds. The van der Waals surface area contributed by atoms with E-state index in [4.69, 9.17) is 0 Å². The number of carbonyl (C=O) groups is 1. The summed E-state index contributed by atoms with van der Waals surface area (Å²) in [6.45, 7) is 3.37. The van der Waals surface area contributed by atoms with Crippen LogP contribution in [0.4, 0.5) is 28.3 Å². The summed E-state index contributed by atoms with van der Waals surface area (Å²) in [6.07, 6.45) is -8.26. The van der Waals surface area contributed by atoms with Crippen molar-refractivity contribution < 1.29 is 27.1 Å². The Bertz CT molecular complexity index is 706. The second-order valence-corrected chi connectivity index (χ2v) is 5.71. The summed E-state index contributed by atoms with van der Waals surface area (Å²) in [5, 5.41) is 1.06. The van der Waals surface area contributed by atoms with Crippen molar-refractivity contribution in [2.24, 2.45) is 0 Å². The molecule has 0 spiro atoms. The highest BCUT2D eigenvalue weighted by atomic mass is 32.1. The van der Waals surface area contributed by atoms with Crippen LogP contribution in [0, 0.1) is 13.8 Å². The molecule has 1 aromatic heterocycles. The fourth-order valence-electron chi connectivity index (χ4n) is 1.89. The summed E-state index contributed by atoms with van der Waals surface area (Å²) in [4.78, 5) is 16.6. The number of anilines is 2. The largest absolute Gasteiger partial charge is 0.461 e. The third-order valence-corrected chi connectivity index (χ3v) is 3.90. The van der Waals surface area contributed by atoms with E-state index >= 15 is 0 Å². The van der Waals surface area contributed by atoms with Gasteiger partial charge in [-0.3, -0.25) is 9.69 Å². The van der Waals surface area contributed by atoms with Crippen molar-refractivity contribution in [1.82, 2.24) is 4.98 Å². The van der Waals surface area contributed by atoms with Crippen molar-refractivity contribution in [3.8, 4) is 5.75 Å². The van der Waals surface area contributed by atoms with Gasteiger partial charge in [0.1, 0.15) is 5.00 Å². The average Bonchev–Trinajstić information content (AvgIpc) is 2.80. The second-order valence-electron chi connectivity index (χ2n) is 4.53. The topological polar surface area (TPSA) is 42.4 Å². The number of benzene rings is 1. The molecule has 0 aliphatic heterocycles. The number of carbonyl (C=O) groups excluding carboxylic acids is 1. The summed E-state index contributed by atoms with van der Waals surface area (Å²) >= 11 is 1.17. The van der Waals surface area contributed by atoms with Crippen LogP contribution in [0.1, 0.15) is 10.7 Å². The number of hydrogen-bond acceptors (Lipinski definition) is 4. The Hall–Kier alpha value is -2.16. The Labute approximate surface area is 133 Å². The maximum absolute atomic E-state index is 13.2. The van der Waals surface area contributed by atoms with Crippen molar-refractivity contribution in [3.05, 3.63) is 35.0 Å². The van der Waals surface area contributed by atoms with Crippen molar-refractivity contribution in [2.45, 2.75) is 26.4 Å². The molecule has 124 valence electrons. The number of hydrogen-bond donors (Lipinski definition) is 0. The third-order valence-electron chi connectivity index (χ3n) is 2.83. The highest BCUT2D eigenvalue weighted by molar-refractivity contribution is 7.16. The van der Waals surface area contributed by atoms with E-state index in [-0.39, 0.29) is 5.69 Å². The lowest BCUT2D eigenvalue weighted by atomic mass is 10.2. The number of amides is 1. The van der Waals surface area contributed by atoms with E-state index in [0.29, 0.717) is 22.1 Å². The predicted octanol–water partition coefficient (Wildman–Crippen LogP) is 4.29. The number of nitrogens with zero attached hydrogens (tertiary/aromatic N) is 2. The van der Waals surface area contributed by atoms with Crippen LogP contribution in [0.2, 0.25) is 0 Å². The molecule has 2 aromatic rings. The van der Waals surface area contributed by atoms with Gasteiger partial charge in [-0.05, 0) is 26.0 Å². The monoisotopic (exact) mass is 348 g/mol. The number of aryl methyl sites for hydroxylation is 2. The van der Waals surface area contributed by atoms with E-state index < -0.39 is 18.3 Å². The molecule has 0 atom stereocenters. The number of thiazole rings is 1. The Balaban J connectivity index is 2.46. The number of aromatic nitrogens is 1. The van der Waals surface area contributed by atoms with Crippen LogP contribution in [0.25, 0.3) is 0 Å². The van der Waals surface area contributed by atoms with Gasteiger partial charge in [-0.25, -0.2) is 4.98 Å². The molecule has 0 bridgehead atoms. The Morgan fingerprint density at radius 1 is 1.30 bits per heavy atom. The van der Waals surface area contributed by atoms with Gasteiger partial charge < -0.3 is 4.74 Å². The van der Waals surface area contributed by atoms with Gasteiger partial charge in [-0.2, -0.15) is 17.6 Å². The molecule has 1 heterocycles. The van der Waals surface area contributed by atoms with Crippen LogP contribution in [0.5, 0.6) is 5.75 Å². The predicted molar refractivity (Wildman–Crippen MR) is 77.8 cm³/mol. The Morgan fingerprint density at radius 2 is 1.96 bits per heavy atom. The van der Waals surface area contributed by atoms with Gasteiger partial charge in [-0.15, -0.1) is 11.3 Å². The smallest absolute Gasteiger partial charge is 0.426 e. The lowest BCUT2D eigenvalue weighted by molar-refractivity contribution is -0.253. The molecule has 0 aliphatic rings. The maximum atomic E-state index is 13.2. The van der Waals surface area contributed by atoms with Gasteiger partial charge in [-0.1, -0.05) is 12.1 Å². The van der Waals surface area contributed by atoms with Gasteiger partial charge in [0.2, 0.25) is 6.41 Å². The zero-order valence-corrected chi connectivity index (χ0v) is 12.9. The van der Waals surface area contributed by atoms with Crippen LogP contribution >= 0.6 is 11.3 Å². The van der Waals surface area contributed by atoms with E-state index in [1.165, 1.54) is 29.5 Å². The van der Waals surface area contributed by atoms with Crippen LogP contribution in [-0.2, 0) is 4.79 Å². The van der Waals surface area contributed by atoms with Crippen molar-refractivity contribution in [3.63, 3.8) is 0 Å². The summed E-state index contributed by atoms with van der Waals surface area (Å²) < 4.78 is 55.2. The van der Waals surface area contributed by atoms with Crippen molar-refractivity contribution in [2.75, 3.05) is 4.90 Å². The number of halogens is 4. The molecule has 2 rings (SSSR count). The van der Waals surface area contributed by atoms with Crippen LogP contribution in [0.3, 0.4) is 0 Å². The molecule has 4 nitrogen and oxygen atoms in total. The molecule has 0 radical (unpaired) electrons. The van der Waals surface area contributed by atoms with E-state index in [9.17, 15) is 22.4 Å². The Kier molecular flexibility index (Phi) is 4.88. The quantitative estimate of drug-likeness (QED) is 0.578. The molecule has 0 aliphatic carbocycles. The van der Waals surface area contributed by atoms with E-state index in [2.05, 4.69) is 9.72 Å². The fraction of sp³-hybridized carbons (Fsp3) is 0.286. The zero-order valence-electron chi connectivity index (χ0n) is 12.1. The molecule has 0 N–H and O–H groups in total. The summed E-state index contributed by atoms with van der Waals surface area (Å²) in [7, 11) is 0. The molecular formula is C14H12F4N2O2S. The summed E-state index contributed by atoms with van der Waals surface area (Å²) in [5.41, 5.74) is 0.435. The van der Waals surface area contributed by atoms with Crippen molar-refractivity contribution >= 4 is 28.4 Å². The van der Waals surface area contributed by atoms with E-state index in [1.54, 1.807) is 13.8 Å². The molecule has 0 saturated carbocycles. The molecule has 9 heteroatoms. The number of alkyl halides is 4. The second kappa shape index (κ2) is 6.53. The summed E-state index contributed by atoms with van der Waals surface area (Å²) in [5.74, 6) is -0.532. The highest BCUT2D eigenvalue weighted by Gasteiger charge is 2.44. The zero-order chi connectivity index (χ0) is 17.2.